The molecule has 1 amide bonds. The second-order valence-electron chi connectivity index (χ2n) is 5.33. The van der Waals surface area contributed by atoms with Crippen molar-refractivity contribution >= 4 is 23.3 Å². The van der Waals surface area contributed by atoms with E-state index in [9.17, 15) is 4.79 Å². The molecule has 0 fully saturated rings. The van der Waals surface area contributed by atoms with Crippen molar-refractivity contribution in [1.29, 1.82) is 0 Å². The summed E-state index contributed by atoms with van der Waals surface area (Å²) in [7, 11) is 1.99. The Morgan fingerprint density at radius 1 is 1.45 bits per heavy atom. The normalized spacial score (nSPS) is 12.4. The number of nitrogens with zero attached hydrogens (tertiary/aromatic N) is 2. The van der Waals surface area contributed by atoms with Crippen molar-refractivity contribution in [3.8, 4) is 0 Å². The fourth-order valence-electron chi connectivity index (χ4n) is 2.12. The van der Waals surface area contributed by atoms with Gasteiger partial charge in [-0.2, -0.15) is 0 Å². The van der Waals surface area contributed by atoms with Crippen LogP contribution < -0.4 is 5.32 Å². The van der Waals surface area contributed by atoms with E-state index in [0.717, 1.165) is 10.6 Å². The molecule has 1 N–H and O–H groups in total. The number of benzene rings is 1. The van der Waals surface area contributed by atoms with Crippen LogP contribution in [-0.4, -0.2) is 29.6 Å². The number of hydrogen-bond donors (Lipinski definition) is 1. The minimum absolute atomic E-state index is 0.0848. The first-order valence-electron chi connectivity index (χ1n) is 7.14. The Morgan fingerprint density at radius 2 is 2.23 bits per heavy atom. The number of amides is 1. The molecule has 1 unspecified atom stereocenters. The third-order valence-corrected chi connectivity index (χ3v) is 3.81. The van der Waals surface area contributed by atoms with Gasteiger partial charge in [-0.25, -0.2) is 0 Å². The number of hydrogen-bond acceptors (Lipinski definition) is 4. The maximum atomic E-state index is 11.9. The van der Waals surface area contributed by atoms with Gasteiger partial charge in [-0.1, -0.05) is 28.9 Å². The van der Waals surface area contributed by atoms with Crippen LogP contribution in [0, 0.1) is 6.92 Å². The lowest BCUT2D eigenvalue weighted by Crippen LogP contribution is -2.27. The lowest BCUT2D eigenvalue weighted by atomic mass is 10.1. The molecule has 0 saturated heterocycles. The third kappa shape index (κ3) is 4.58. The van der Waals surface area contributed by atoms with Crippen molar-refractivity contribution in [1.82, 2.24) is 10.1 Å². The summed E-state index contributed by atoms with van der Waals surface area (Å²) in [5, 5.41) is 7.17. The van der Waals surface area contributed by atoms with Crippen LogP contribution in [0.15, 0.2) is 34.9 Å². The van der Waals surface area contributed by atoms with Gasteiger partial charge in [0.15, 0.2) is 5.82 Å². The van der Waals surface area contributed by atoms with Crippen molar-refractivity contribution in [3.05, 3.63) is 46.7 Å². The van der Waals surface area contributed by atoms with Crippen molar-refractivity contribution in [2.24, 2.45) is 0 Å². The first-order valence-corrected chi connectivity index (χ1v) is 7.52. The lowest BCUT2D eigenvalue weighted by Gasteiger charge is -2.24. The first-order chi connectivity index (χ1) is 10.5. The zero-order chi connectivity index (χ0) is 16.1. The highest BCUT2D eigenvalue weighted by Gasteiger charge is 2.14. The standard InChI is InChI=1S/C16H20ClN3O2/c1-11-9-15(19-22-11)18-16(21)7-8-20(3)12(2)13-5-4-6-14(17)10-13/h4-6,9-10,12H,7-8H2,1-3H3,(H,18,19,21). The van der Waals surface area contributed by atoms with E-state index < -0.39 is 0 Å². The van der Waals surface area contributed by atoms with Crippen molar-refractivity contribution in [2.75, 3.05) is 18.9 Å². The van der Waals surface area contributed by atoms with E-state index >= 15 is 0 Å². The van der Waals surface area contributed by atoms with Crippen molar-refractivity contribution in [2.45, 2.75) is 26.3 Å². The maximum absolute atomic E-state index is 11.9. The monoisotopic (exact) mass is 321 g/mol. The third-order valence-electron chi connectivity index (χ3n) is 3.58. The minimum atomic E-state index is -0.0848. The number of carbonyl (C=O) groups excluding carboxylic acids is 1. The SMILES string of the molecule is Cc1cc(NC(=O)CCN(C)C(C)c2cccc(Cl)c2)no1. The Morgan fingerprint density at radius 3 is 2.86 bits per heavy atom. The Balaban J connectivity index is 1.84. The van der Waals surface area contributed by atoms with Crippen LogP contribution in [0.3, 0.4) is 0 Å². The molecule has 0 radical (unpaired) electrons. The van der Waals surface area contributed by atoms with Gasteiger partial charge in [0.05, 0.1) is 0 Å². The van der Waals surface area contributed by atoms with Crippen LogP contribution in [0.1, 0.15) is 30.7 Å². The largest absolute Gasteiger partial charge is 0.360 e. The van der Waals surface area contributed by atoms with E-state index in [1.165, 1.54) is 0 Å². The van der Waals surface area contributed by atoms with Crippen molar-refractivity contribution < 1.29 is 9.32 Å². The highest BCUT2D eigenvalue weighted by atomic mass is 35.5. The average Bonchev–Trinajstić information content (AvgIpc) is 2.89. The number of anilines is 1. The van der Waals surface area contributed by atoms with Gasteiger partial charge < -0.3 is 9.84 Å². The molecule has 5 nitrogen and oxygen atoms in total. The maximum Gasteiger partial charge on any atom is 0.226 e. The van der Waals surface area contributed by atoms with Crippen LogP contribution in [0.25, 0.3) is 0 Å². The highest BCUT2D eigenvalue weighted by Crippen LogP contribution is 2.21. The van der Waals surface area contributed by atoms with Crippen LogP contribution in [0.5, 0.6) is 0 Å². The Bertz CT molecular complexity index is 642. The highest BCUT2D eigenvalue weighted by molar-refractivity contribution is 6.30. The number of rotatable bonds is 6. The second-order valence-corrected chi connectivity index (χ2v) is 5.77. The van der Waals surface area contributed by atoms with Gasteiger partial charge in [-0.05, 0) is 38.6 Å². The number of nitrogens with one attached hydrogen (secondary N) is 1. The van der Waals surface area contributed by atoms with Gasteiger partial charge in [0.1, 0.15) is 5.76 Å². The fourth-order valence-corrected chi connectivity index (χ4v) is 2.32. The Labute approximate surface area is 135 Å². The smallest absolute Gasteiger partial charge is 0.226 e. The molecule has 0 saturated carbocycles. The predicted molar refractivity (Wildman–Crippen MR) is 87.0 cm³/mol. The molecule has 118 valence electrons. The molecule has 1 aromatic heterocycles. The Hall–Kier alpha value is -1.85. The fraction of sp³-hybridized carbons (Fsp3) is 0.375. The molecule has 0 aliphatic heterocycles. The molecule has 0 bridgehead atoms. The average molecular weight is 322 g/mol. The van der Waals surface area contributed by atoms with Gasteiger partial charge in [-0.15, -0.1) is 0 Å². The zero-order valence-electron chi connectivity index (χ0n) is 13.0. The summed E-state index contributed by atoms with van der Waals surface area (Å²) in [6.45, 7) is 4.50. The summed E-state index contributed by atoms with van der Waals surface area (Å²) in [6.07, 6.45) is 0.382. The lowest BCUT2D eigenvalue weighted by molar-refractivity contribution is -0.116. The van der Waals surface area contributed by atoms with E-state index in [1.807, 2.05) is 31.3 Å². The number of halogens is 1. The van der Waals surface area contributed by atoms with E-state index in [1.54, 1.807) is 13.0 Å². The molecule has 0 aliphatic carbocycles. The van der Waals surface area contributed by atoms with Gasteiger partial charge in [0.25, 0.3) is 0 Å². The topological polar surface area (TPSA) is 58.4 Å². The predicted octanol–water partition coefficient (Wildman–Crippen LogP) is 3.66. The van der Waals surface area contributed by atoms with Crippen LogP contribution in [0.4, 0.5) is 5.82 Å². The first kappa shape index (κ1) is 16.5. The van der Waals surface area contributed by atoms with Gasteiger partial charge in [0, 0.05) is 30.1 Å². The Kier molecular flexibility index (Phi) is 5.57. The van der Waals surface area contributed by atoms with E-state index in [4.69, 9.17) is 16.1 Å². The number of carbonyl (C=O) groups is 1. The summed E-state index contributed by atoms with van der Waals surface area (Å²) >= 11 is 6.01. The molecule has 1 heterocycles. The zero-order valence-corrected chi connectivity index (χ0v) is 13.7. The summed E-state index contributed by atoms with van der Waals surface area (Å²) in [5.74, 6) is 1.04. The summed E-state index contributed by atoms with van der Waals surface area (Å²) < 4.78 is 4.91. The number of aromatic nitrogens is 1. The quantitative estimate of drug-likeness (QED) is 0.882. The molecule has 1 aromatic carbocycles. The van der Waals surface area contributed by atoms with Crippen molar-refractivity contribution in [3.63, 3.8) is 0 Å². The van der Waals surface area contributed by atoms with Gasteiger partial charge >= 0.3 is 0 Å². The molecule has 2 rings (SSSR count). The summed E-state index contributed by atoms with van der Waals surface area (Å²) in [6, 6.07) is 9.63. The van der Waals surface area contributed by atoms with Crippen LogP contribution in [0.2, 0.25) is 5.02 Å². The van der Waals surface area contributed by atoms with Crippen LogP contribution in [-0.2, 0) is 4.79 Å². The van der Waals surface area contributed by atoms with Crippen LogP contribution >= 0.6 is 11.6 Å². The molecule has 0 aliphatic rings. The summed E-state index contributed by atoms with van der Waals surface area (Å²) in [5.41, 5.74) is 1.13. The second kappa shape index (κ2) is 7.42. The number of aryl methyl sites for hydroxylation is 1. The van der Waals surface area contributed by atoms with Gasteiger partial charge in [0.2, 0.25) is 5.91 Å². The van der Waals surface area contributed by atoms with Gasteiger partial charge in [-0.3, -0.25) is 9.69 Å². The van der Waals surface area contributed by atoms with E-state index in [0.29, 0.717) is 24.5 Å². The van der Waals surface area contributed by atoms with E-state index in [2.05, 4.69) is 22.3 Å². The minimum Gasteiger partial charge on any atom is -0.360 e. The molecular weight excluding hydrogens is 302 g/mol. The molecule has 0 spiro atoms. The van der Waals surface area contributed by atoms with E-state index in [-0.39, 0.29) is 11.9 Å². The molecule has 6 heteroatoms. The molecule has 22 heavy (non-hydrogen) atoms. The molecule has 2 aromatic rings. The summed E-state index contributed by atoms with van der Waals surface area (Å²) in [4.78, 5) is 14.0. The molecular formula is C16H20ClN3O2. The molecule has 1 atom stereocenters.